The molecule has 0 saturated heterocycles. The van der Waals surface area contributed by atoms with Crippen molar-refractivity contribution in [2.24, 2.45) is 5.73 Å². The third-order valence-corrected chi connectivity index (χ3v) is 4.41. The molecule has 108 valence electrons. The SMILES string of the molecule is Cc1ccc(C(CN)N(C)CCS(C)(=O)=O)cc1C. The molecule has 0 aliphatic heterocycles. The lowest BCUT2D eigenvalue weighted by molar-refractivity contribution is 0.264. The topological polar surface area (TPSA) is 63.4 Å². The number of nitrogens with two attached hydrogens (primary N) is 1. The van der Waals surface area contributed by atoms with E-state index in [9.17, 15) is 8.42 Å². The van der Waals surface area contributed by atoms with Crippen LogP contribution in [0.25, 0.3) is 0 Å². The lowest BCUT2D eigenvalue weighted by Gasteiger charge is -2.27. The summed E-state index contributed by atoms with van der Waals surface area (Å²) in [5.41, 5.74) is 9.46. The van der Waals surface area contributed by atoms with Crippen LogP contribution in [0.1, 0.15) is 22.7 Å². The van der Waals surface area contributed by atoms with Gasteiger partial charge >= 0.3 is 0 Å². The second kappa shape index (κ2) is 6.50. The van der Waals surface area contributed by atoms with Crippen molar-refractivity contribution in [3.8, 4) is 0 Å². The molecule has 0 fully saturated rings. The molecule has 0 aliphatic rings. The van der Waals surface area contributed by atoms with Gasteiger partial charge in [0.05, 0.1) is 5.75 Å². The van der Waals surface area contributed by atoms with E-state index in [-0.39, 0.29) is 11.8 Å². The summed E-state index contributed by atoms with van der Waals surface area (Å²) in [5, 5.41) is 0. The van der Waals surface area contributed by atoms with Gasteiger partial charge in [-0.2, -0.15) is 0 Å². The molecule has 0 aromatic heterocycles. The third kappa shape index (κ3) is 4.93. The minimum absolute atomic E-state index is 0.0565. The highest BCUT2D eigenvalue weighted by Crippen LogP contribution is 2.21. The molecule has 1 atom stereocenters. The quantitative estimate of drug-likeness (QED) is 0.855. The van der Waals surface area contributed by atoms with Crippen LogP contribution in [0.5, 0.6) is 0 Å². The van der Waals surface area contributed by atoms with Crippen molar-refractivity contribution in [3.05, 3.63) is 34.9 Å². The molecule has 5 heteroatoms. The number of sulfone groups is 1. The number of rotatable bonds is 6. The summed E-state index contributed by atoms with van der Waals surface area (Å²) >= 11 is 0. The molecule has 1 unspecified atom stereocenters. The van der Waals surface area contributed by atoms with Crippen molar-refractivity contribution in [3.63, 3.8) is 0 Å². The maximum absolute atomic E-state index is 11.2. The van der Waals surface area contributed by atoms with Gasteiger partial charge in [-0.25, -0.2) is 8.42 Å². The van der Waals surface area contributed by atoms with E-state index >= 15 is 0 Å². The zero-order valence-electron chi connectivity index (χ0n) is 12.2. The van der Waals surface area contributed by atoms with Crippen LogP contribution < -0.4 is 5.73 Å². The summed E-state index contributed by atoms with van der Waals surface area (Å²) in [6, 6.07) is 6.33. The number of aryl methyl sites for hydroxylation is 2. The first-order valence-corrected chi connectivity index (χ1v) is 8.46. The molecule has 0 saturated carbocycles. The summed E-state index contributed by atoms with van der Waals surface area (Å²) in [6.45, 7) is 5.11. The molecule has 2 N–H and O–H groups in total. The lowest BCUT2D eigenvalue weighted by Crippen LogP contribution is -2.34. The average Bonchev–Trinajstić information content (AvgIpc) is 2.31. The van der Waals surface area contributed by atoms with Gasteiger partial charge in [-0.05, 0) is 37.6 Å². The maximum Gasteiger partial charge on any atom is 0.148 e. The van der Waals surface area contributed by atoms with E-state index in [0.717, 1.165) is 5.56 Å². The number of benzene rings is 1. The Balaban J connectivity index is 2.84. The van der Waals surface area contributed by atoms with Crippen LogP contribution in [0.4, 0.5) is 0 Å². The zero-order valence-corrected chi connectivity index (χ0v) is 13.0. The third-order valence-electron chi connectivity index (χ3n) is 3.49. The summed E-state index contributed by atoms with van der Waals surface area (Å²) in [6.07, 6.45) is 1.26. The number of nitrogens with zero attached hydrogens (tertiary/aromatic N) is 1. The first-order valence-electron chi connectivity index (χ1n) is 6.40. The standard InChI is InChI=1S/C14H24N2O2S/c1-11-5-6-13(9-12(11)2)14(10-15)16(3)7-8-19(4,17)18/h5-6,9,14H,7-8,10,15H2,1-4H3. The Morgan fingerprint density at radius 3 is 2.37 bits per heavy atom. The Labute approximate surface area is 116 Å². The van der Waals surface area contributed by atoms with Gasteiger partial charge in [0.2, 0.25) is 0 Å². The molecule has 0 radical (unpaired) electrons. The fourth-order valence-corrected chi connectivity index (χ4v) is 2.63. The van der Waals surface area contributed by atoms with Gasteiger partial charge in [0, 0.05) is 25.4 Å². The molecule has 0 bridgehead atoms. The molecular formula is C14H24N2O2S. The largest absolute Gasteiger partial charge is 0.329 e. The number of likely N-dealkylation sites (N-methyl/N-ethyl adjacent to an activating group) is 1. The van der Waals surface area contributed by atoms with Crippen molar-refractivity contribution in [1.82, 2.24) is 4.90 Å². The lowest BCUT2D eigenvalue weighted by atomic mass is 10.0. The summed E-state index contributed by atoms with van der Waals surface area (Å²) < 4.78 is 22.4. The fraction of sp³-hybridized carbons (Fsp3) is 0.571. The predicted molar refractivity (Wildman–Crippen MR) is 80.1 cm³/mol. The second-order valence-electron chi connectivity index (χ2n) is 5.21. The second-order valence-corrected chi connectivity index (χ2v) is 7.47. The Hall–Kier alpha value is -0.910. The van der Waals surface area contributed by atoms with Gasteiger partial charge in [0.1, 0.15) is 9.84 Å². The predicted octanol–water partition coefficient (Wildman–Crippen LogP) is 1.28. The van der Waals surface area contributed by atoms with Gasteiger partial charge in [0.25, 0.3) is 0 Å². The Morgan fingerprint density at radius 1 is 1.26 bits per heavy atom. The molecule has 0 spiro atoms. The molecule has 0 amide bonds. The van der Waals surface area contributed by atoms with Crippen LogP contribution >= 0.6 is 0 Å². The van der Waals surface area contributed by atoms with Crippen molar-refractivity contribution in [2.75, 3.05) is 32.1 Å². The van der Waals surface area contributed by atoms with Crippen molar-refractivity contribution >= 4 is 9.84 Å². The summed E-state index contributed by atoms with van der Waals surface area (Å²) in [4.78, 5) is 2.01. The van der Waals surface area contributed by atoms with Gasteiger partial charge in [0.15, 0.2) is 0 Å². The van der Waals surface area contributed by atoms with Crippen molar-refractivity contribution < 1.29 is 8.42 Å². The molecule has 0 aliphatic carbocycles. The fourth-order valence-electron chi connectivity index (χ4n) is 2.01. The first-order chi connectivity index (χ1) is 8.74. The molecular weight excluding hydrogens is 260 g/mol. The molecule has 0 heterocycles. The molecule has 1 aromatic carbocycles. The number of hydrogen-bond acceptors (Lipinski definition) is 4. The molecule has 1 aromatic rings. The summed E-state index contributed by atoms with van der Waals surface area (Å²) in [5.74, 6) is 0.158. The van der Waals surface area contributed by atoms with Gasteiger partial charge in [-0.15, -0.1) is 0 Å². The minimum Gasteiger partial charge on any atom is -0.329 e. The van der Waals surface area contributed by atoms with E-state index in [1.807, 2.05) is 11.9 Å². The van der Waals surface area contributed by atoms with Crippen LogP contribution in [-0.2, 0) is 9.84 Å². The maximum atomic E-state index is 11.2. The van der Waals surface area contributed by atoms with E-state index < -0.39 is 9.84 Å². The van der Waals surface area contributed by atoms with Crippen LogP contribution in [0.15, 0.2) is 18.2 Å². The van der Waals surface area contributed by atoms with Crippen molar-refractivity contribution in [2.45, 2.75) is 19.9 Å². The monoisotopic (exact) mass is 284 g/mol. The number of hydrogen-bond donors (Lipinski definition) is 1. The molecule has 1 rings (SSSR count). The van der Waals surface area contributed by atoms with Crippen LogP contribution in [0.3, 0.4) is 0 Å². The Kier molecular flexibility index (Phi) is 5.52. The highest BCUT2D eigenvalue weighted by atomic mass is 32.2. The molecule has 19 heavy (non-hydrogen) atoms. The van der Waals surface area contributed by atoms with Crippen LogP contribution in [0.2, 0.25) is 0 Å². The van der Waals surface area contributed by atoms with E-state index in [1.54, 1.807) is 0 Å². The smallest absolute Gasteiger partial charge is 0.148 e. The Bertz CT molecular complexity index is 526. The van der Waals surface area contributed by atoms with Crippen molar-refractivity contribution in [1.29, 1.82) is 0 Å². The first kappa shape index (κ1) is 16.1. The van der Waals surface area contributed by atoms with E-state index in [1.165, 1.54) is 17.4 Å². The zero-order chi connectivity index (χ0) is 14.6. The van der Waals surface area contributed by atoms with Crippen LogP contribution in [-0.4, -0.2) is 45.5 Å². The van der Waals surface area contributed by atoms with Gasteiger partial charge in [-0.3, -0.25) is 4.90 Å². The van der Waals surface area contributed by atoms with Gasteiger partial charge < -0.3 is 5.73 Å². The minimum atomic E-state index is -2.94. The highest BCUT2D eigenvalue weighted by Gasteiger charge is 2.17. The Morgan fingerprint density at radius 2 is 1.89 bits per heavy atom. The highest BCUT2D eigenvalue weighted by molar-refractivity contribution is 7.90. The van der Waals surface area contributed by atoms with E-state index in [2.05, 4.69) is 32.0 Å². The van der Waals surface area contributed by atoms with E-state index in [4.69, 9.17) is 5.73 Å². The average molecular weight is 284 g/mol. The van der Waals surface area contributed by atoms with E-state index in [0.29, 0.717) is 13.1 Å². The normalized spacial score (nSPS) is 13.8. The van der Waals surface area contributed by atoms with Crippen LogP contribution in [0, 0.1) is 13.8 Å². The summed E-state index contributed by atoms with van der Waals surface area (Å²) in [7, 11) is -1.03. The molecule has 4 nitrogen and oxygen atoms in total. The van der Waals surface area contributed by atoms with Gasteiger partial charge in [-0.1, -0.05) is 18.2 Å².